The Hall–Kier alpha value is -2.89. The van der Waals surface area contributed by atoms with Gasteiger partial charge in [-0.25, -0.2) is 0 Å². The molecule has 0 saturated heterocycles. The molecule has 134 valence electrons. The SMILES string of the molecule is COc1ccc(CC(C(=O)O)c2ccc(OC)c(OC)c2)c(OC)c1. The summed E-state index contributed by atoms with van der Waals surface area (Å²) in [7, 11) is 6.17. The first-order chi connectivity index (χ1) is 12.0. The predicted molar refractivity (Wildman–Crippen MR) is 93.2 cm³/mol. The van der Waals surface area contributed by atoms with Crippen molar-refractivity contribution in [2.45, 2.75) is 12.3 Å². The van der Waals surface area contributed by atoms with Crippen LogP contribution in [0.4, 0.5) is 0 Å². The normalized spacial score (nSPS) is 11.5. The van der Waals surface area contributed by atoms with Gasteiger partial charge in [0, 0.05) is 6.07 Å². The Kier molecular flexibility index (Phi) is 6.11. The minimum Gasteiger partial charge on any atom is -0.497 e. The molecule has 6 heteroatoms. The Labute approximate surface area is 146 Å². The average molecular weight is 346 g/mol. The summed E-state index contributed by atoms with van der Waals surface area (Å²) in [5, 5.41) is 9.70. The van der Waals surface area contributed by atoms with Gasteiger partial charge >= 0.3 is 5.97 Å². The van der Waals surface area contributed by atoms with Crippen LogP contribution in [0.5, 0.6) is 23.0 Å². The highest BCUT2D eigenvalue weighted by Gasteiger charge is 2.23. The van der Waals surface area contributed by atoms with E-state index in [1.807, 2.05) is 6.07 Å². The summed E-state index contributed by atoms with van der Waals surface area (Å²) < 4.78 is 21.0. The molecule has 0 heterocycles. The molecular formula is C19H22O6. The van der Waals surface area contributed by atoms with Gasteiger partial charge < -0.3 is 24.1 Å². The number of rotatable bonds is 8. The van der Waals surface area contributed by atoms with E-state index in [1.165, 1.54) is 14.2 Å². The van der Waals surface area contributed by atoms with Crippen molar-refractivity contribution in [2.24, 2.45) is 0 Å². The van der Waals surface area contributed by atoms with E-state index in [0.29, 0.717) is 28.6 Å². The Balaban J connectivity index is 2.38. The summed E-state index contributed by atoms with van der Waals surface area (Å²) in [6, 6.07) is 10.5. The van der Waals surface area contributed by atoms with Crippen LogP contribution >= 0.6 is 0 Å². The van der Waals surface area contributed by atoms with Gasteiger partial charge in [-0.3, -0.25) is 4.79 Å². The molecule has 2 aromatic carbocycles. The molecule has 1 unspecified atom stereocenters. The third-order valence-electron chi connectivity index (χ3n) is 4.03. The summed E-state index contributed by atoms with van der Waals surface area (Å²) >= 11 is 0. The van der Waals surface area contributed by atoms with Crippen LogP contribution in [0.15, 0.2) is 36.4 Å². The maximum Gasteiger partial charge on any atom is 0.311 e. The Morgan fingerprint density at radius 1 is 0.880 bits per heavy atom. The van der Waals surface area contributed by atoms with E-state index in [0.717, 1.165) is 5.56 Å². The molecule has 0 fully saturated rings. The smallest absolute Gasteiger partial charge is 0.311 e. The van der Waals surface area contributed by atoms with Crippen LogP contribution in [0.25, 0.3) is 0 Å². The van der Waals surface area contributed by atoms with E-state index in [2.05, 4.69) is 0 Å². The number of benzene rings is 2. The molecule has 2 rings (SSSR count). The van der Waals surface area contributed by atoms with Crippen LogP contribution in [-0.4, -0.2) is 39.5 Å². The van der Waals surface area contributed by atoms with E-state index in [9.17, 15) is 9.90 Å². The fourth-order valence-electron chi connectivity index (χ4n) is 2.66. The lowest BCUT2D eigenvalue weighted by Crippen LogP contribution is -2.15. The van der Waals surface area contributed by atoms with Gasteiger partial charge in [0.2, 0.25) is 0 Å². The number of aliphatic carboxylic acids is 1. The van der Waals surface area contributed by atoms with E-state index in [4.69, 9.17) is 18.9 Å². The van der Waals surface area contributed by atoms with Gasteiger partial charge in [-0.15, -0.1) is 0 Å². The number of hydrogen-bond acceptors (Lipinski definition) is 5. The highest BCUT2D eigenvalue weighted by molar-refractivity contribution is 5.77. The lowest BCUT2D eigenvalue weighted by molar-refractivity contribution is -0.138. The lowest BCUT2D eigenvalue weighted by Gasteiger charge is -2.17. The first-order valence-corrected chi connectivity index (χ1v) is 7.69. The quantitative estimate of drug-likeness (QED) is 0.791. The highest BCUT2D eigenvalue weighted by atomic mass is 16.5. The molecular weight excluding hydrogens is 324 g/mol. The standard InChI is InChI=1S/C19H22O6/c1-22-14-7-5-13(17(11-14)24-3)9-15(19(20)21)12-6-8-16(23-2)18(10-12)25-4/h5-8,10-11,15H,9H2,1-4H3,(H,20,21). The van der Waals surface area contributed by atoms with Crippen molar-refractivity contribution in [1.82, 2.24) is 0 Å². The summed E-state index contributed by atoms with van der Waals surface area (Å²) in [6.07, 6.45) is 0.276. The number of ether oxygens (including phenoxy) is 4. The maximum absolute atomic E-state index is 11.8. The minimum atomic E-state index is -0.926. The van der Waals surface area contributed by atoms with Gasteiger partial charge in [-0.2, -0.15) is 0 Å². The predicted octanol–water partition coefficient (Wildman–Crippen LogP) is 3.13. The number of methoxy groups -OCH3 is 4. The molecule has 25 heavy (non-hydrogen) atoms. The molecule has 1 atom stereocenters. The molecule has 0 radical (unpaired) electrons. The van der Waals surface area contributed by atoms with Crippen molar-refractivity contribution in [1.29, 1.82) is 0 Å². The minimum absolute atomic E-state index is 0.276. The number of hydrogen-bond donors (Lipinski definition) is 1. The van der Waals surface area contributed by atoms with Crippen LogP contribution in [0.3, 0.4) is 0 Å². The lowest BCUT2D eigenvalue weighted by atomic mass is 9.91. The molecule has 0 amide bonds. The summed E-state index contributed by atoms with van der Waals surface area (Å²) in [5.41, 5.74) is 1.41. The van der Waals surface area contributed by atoms with Crippen LogP contribution in [0.2, 0.25) is 0 Å². The summed E-state index contributed by atoms with van der Waals surface area (Å²) in [5.74, 6) is 0.613. The third kappa shape index (κ3) is 4.15. The zero-order valence-electron chi connectivity index (χ0n) is 14.7. The van der Waals surface area contributed by atoms with Crippen LogP contribution < -0.4 is 18.9 Å². The largest absolute Gasteiger partial charge is 0.497 e. The first kappa shape index (κ1) is 18.4. The zero-order valence-corrected chi connectivity index (χ0v) is 14.7. The van der Waals surface area contributed by atoms with E-state index < -0.39 is 11.9 Å². The van der Waals surface area contributed by atoms with Crippen molar-refractivity contribution in [2.75, 3.05) is 28.4 Å². The topological polar surface area (TPSA) is 74.2 Å². The van der Waals surface area contributed by atoms with E-state index >= 15 is 0 Å². The first-order valence-electron chi connectivity index (χ1n) is 7.69. The van der Waals surface area contributed by atoms with Crippen LogP contribution in [0.1, 0.15) is 17.0 Å². The average Bonchev–Trinajstić information content (AvgIpc) is 2.65. The van der Waals surface area contributed by atoms with E-state index in [-0.39, 0.29) is 6.42 Å². The Morgan fingerprint density at radius 2 is 1.56 bits per heavy atom. The Bertz CT molecular complexity index is 741. The Morgan fingerprint density at radius 3 is 2.12 bits per heavy atom. The molecule has 0 spiro atoms. The van der Waals surface area contributed by atoms with Crippen molar-refractivity contribution in [3.05, 3.63) is 47.5 Å². The van der Waals surface area contributed by atoms with Gasteiger partial charge in [0.1, 0.15) is 11.5 Å². The van der Waals surface area contributed by atoms with Crippen molar-refractivity contribution >= 4 is 5.97 Å². The summed E-state index contributed by atoms with van der Waals surface area (Å²) in [6.45, 7) is 0. The zero-order chi connectivity index (χ0) is 18.4. The van der Waals surface area contributed by atoms with Gasteiger partial charge in [0.25, 0.3) is 0 Å². The molecule has 0 aromatic heterocycles. The van der Waals surface area contributed by atoms with Gasteiger partial charge in [0.15, 0.2) is 11.5 Å². The second-order valence-electron chi connectivity index (χ2n) is 5.39. The van der Waals surface area contributed by atoms with Crippen molar-refractivity contribution in [3.63, 3.8) is 0 Å². The molecule has 2 aromatic rings. The fraction of sp³-hybridized carbons (Fsp3) is 0.316. The second-order valence-corrected chi connectivity index (χ2v) is 5.39. The highest BCUT2D eigenvalue weighted by Crippen LogP contribution is 2.34. The molecule has 1 N–H and O–H groups in total. The van der Waals surface area contributed by atoms with Gasteiger partial charge in [0.05, 0.1) is 34.4 Å². The van der Waals surface area contributed by atoms with Gasteiger partial charge in [-0.1, -0.05) is 12.1 Å². The number of carbonyl (C=O) groups is 1. The number of carboxylic acids is 1. The fourth-order valence-corrected chi connectivity index (χ4v) is 2.66. The van der Waals surface area contributed by atoms with E-state index in [1.54, 1.807) is 44.6 Å². The van der Waals surface area contributed by atoms with Crippen molar-refractivity contribution in [3.8, 4) is 23.0 Å². The maximum atomic E-state index is 11.8. The van der Waals surface area contributed by atoms with Crippen LogP contribution in [-0.2, 0) is 11.2 Å². The number of carboxylic acid groups (broad SMARTS) is 1. The molecule has 0 aliphatic rings. The second kappa shape index (κ2) is 8.28. The molecule has 0 aliphatic carbocycles. The summed E-state index contributed by atoms with van der Waals surface area (Å²) in [4.78, 5) is 11.8. The monoisotopic (exact) mass is 346 g/mol. The van der Waals surface area contributed by atoms with Gasteiger partial charge in [-0.05, 0) is 35.7 Å². The van der Waals surface area contributed by atoms with Crippen LogP contribution in [0, 0.1) is 0 Å². The molecule has 0 bridgehead atoms. The van der Waals surface area contributed by atoms with Crippen molar-refractivity contribution < 1.29 is 28.8 Å². The molecule has 6 nitrogen and oxygen atoms in total. The molecule has 0 aliphatic heterocycles. The molecule has 0 saturated carbocycles. The third-order valence-corrected chi connectivity index (χ3v) is 4.03.